The molecule has 0 heterocycles. The van der Waals surface area contributed by atoms with E-state index in [4.69, 9.17) is 4.74 Å². The molecule has 0 aromatic heterocycles. The van der Waals surface area contributed by atoms with Gasteiger partial charge in [-0.15, -0.1) is 0 Å². The van der Waals surface area contributed by atoms with Crippen molar-refractivity contribution in [3.8, 4) is 5.75 Å². The average molecular weight is 278 g/mol. The van der Waals surface area contributed by atoms with Gasteiger partial charge in [-0.3, -0.25) is 10.1 Å². The van der Waals surface area contributed by atoms with Crippen LogP contribution in [-0.4, -0.2) is 18.1 Å². The van der Waals surface area contributed by atoms with Crippen LogP contribution in [0.25, 0.3) is 0 Å². The molecule has 0 saturated heterocycles. The fourth-order valence-electron chi connectivity index (χ4n) is 3.21. The van der Waals surface area contributed by atoms with Crippen molar-refractivity contribution in [2.75, 3.05) is 12.4 Å². The zero-order valence-electron chi connectivity index (χ0n) is 12.3. The van der Waals surface area contributed by atoms with Gasteiger partial charge in [-0.05, 0) is 37.2 Å². The van der Waals surface area contributed by atoms with Crippen LogP contribution >= 0.6 is 0 Å². The average Bonchev–Trinajstić information content (AvgIpc) is 2.37. The van der Waals surface area contributed by atoms with Crippen molar-refractivity contribution in [2.24, 2.45) is 11.8 Å². The third-order valence-corrected chi connectivity index (χ3v) is 3.93. The van der Waals surface area contributed by atoms with E-state index in [9.17, 15) is 10.1 Å². The molecule has 20 heavy (non-hydrogen) atoms. The summed E-state index contributed by atoms with van der Waals surface area (Å²) in [5.41, 5.74) is 0.804. The van der Waals surface area contributed by atoms with Crippen LogP contribution in [0.3, 0.4) is 0 Å². The number of benzene rings is 1. The predicted octanol–water partition coefficient (Wildman–Crippen LogP) is 3.84. The molecular formula is C15H22N2O3. The van der Waals surface area contributed by atoms with Crippen molar-refractivity contribution in [3.63, 3.8) is 0 Å². The quantitative estimate of drug-likeness (QED) is 0.671. The van der Waals surface area contributed by atoms with Gasteiger partial charge < -0.3 is 10.1 Å². The molecule has 1 aliphatic rings. The van der Waals surface area contributed by atoms with E-state index >= 15 is 0 Å². The Balaban J connectivity index is 2.18. The summed E-state index contributed by atoms with van der Waals surface area (Å²) >= 11 is 0. The van der Waals surface area contributed by atoms with Gasteiger partial charge in [0.05, 0.1) is 17.7 Å². The highest BCUT2D eigenvalue weighted by Crippen LogP contribution is 2.34. The largest absolute Gasteiger partial charge is 0.495 e. The fraction of sp³-hybridized carbons (Fsp3) is 0.600. The Hall–Kier alpha value is -1.78. The molecule has 1 aromatic rings. The van der Waals surface area contributed by atoms with Gasteiger partial charge in [0, 0.05) is 18.2 Å². The number of anilines is 1. The highest BCUT2D eigenvalue weighted by Gasteiger charge is 2.25. The second-order valence-corrected chi connectivity index (χ2v) is 5.90. The number of nitrogens with zero attached hydrogens (tertiary/aromatic N) is 1. The lowest BCUT2D eigenvalue weighted by atomic mass is 9.80. The standard InChI is InChI=1S/C15H22N2O3/c1-10-6-11(2)8-12(7-10)16-14-9-13(17(18)19)4-5-15(14)20-3/h4-5,9-12,16H,6-8H2,1-3H3. The van der Waals surface area contributed by atoms with Crippen LogP contribution in [0.1, 0.15) is 33.1 Å². The number of nitro benzene ring substituents is 1. The van der Waals surface area contributed by atoms with Crippen LogP contribution < -0.4 is 10.1 Å². The second kappa shape index (κ2) is 6.11. The molecule has 2 rings (SSSR count). The molecule has 1 aliphatic carbocycles. The minimum atomic E-state index is -0.378. The first-order valence-electron chi connectivity index (χ1n) is 7.08. The molecule has 2 atom stereocenters. The summed E-state index contributed by atoms with van der Waals surface area (Å²) in [6.07, 6.45) is 3.44. The Morgan fingerprint density at radius 2 is 1.90 bits per heavy atom. The monoisotopic (exact) mass is 278 g/mol. The van der Waals surface area contributed by atoms with E-state index in [2.05, 4.69) is 19.2 Å². The minimum Gasteiger partial charge on any atom is -0.495 e. The van der Waals surface area contributed by atoms with Gasteiger partial charge in [0.25, 0.3) is 5.69 Å². The number of ether oxygens (including phenoxy) is 1. The Labute approximate surface area is 119 Å². The number of non-ortho nitro benzene ring substituents is 1. The smallest absolute Gasteiger partial charge is 0.271 e. The molecule has 0 amide bonds. The summed E-state index contributed by atoms with van der Waals surface area (Å²) in [5, 5.41) is 14.3. The van der Waals surface area contributed by atoms with Gasteiger partial charge in [-0.1, -0.05) is 13.8 Å². The van der Waals surface area contributed by atoms with Crippen molar-refractivity contribution in [3.05, 3.63) is 28.3 Å². The van der Waals surface area contributed by atoms with Gasteiger partial charge in [-0.25, -0.2) is 0 Å². The van der Waals surface area contributed by atoms with Crippen LogP contribution in [-0.2, 0) is 0 Å². The zero-order chi connectivity index (χ0) is 14.7. The molecule has 1 fully saturated rings. The van der Waals surface area contributed by atoms with E-state index in [1.165, 1.54) is 12.5 Å². The van der Waals surface area contributed by atoms with Crippen molar-refractivity contribution >= 4 is 11.4 Å². The minimum absolute atomic E-state index is 0.0882. The van der Waals surface area contributed by atoms with Gasteiger partial charge in [-0.2, -0.15) is 0 Å². The maximum Gasteiger partial charge on any atom is 0.271 e. The van der Waals surface area contributed by atoms with Crippen LogP contribution in [0, 0.1) is 22.0 Å². The first-order chi connectivity index (χ1) is 9.49. The van der Waals surface area contributed by atoms with Crippen LogP contribution in [0.2, 0.25) is 0 Å². The summed E-state index contributed by atoms with van der Waals surface area (Å²) in [4.78, 5) is 10.5. The molecule has 0 radical (unpaired) electrons. The van der Waals surface area contributed by atoms with Crippen molar-refractivity contribution in [2.45, 2.75) is 39.2 Å². The third kappa shape index (κ3) is 3.40. The number of hydrogen-bond acceptors (Lipinski definition) is 4. The first kappa shape index (κ1) is 14.6. The Morgan fingerprint density at radius 1 is 1.25 bits per heavy atom. The van der Waals surface area contributed by atoms with Gasteiger partial charge in [0.1, 0.15) is 5.75 Å². The van der Waals surface area contributed by atoms with Crippen LogP contribution in [0.15, 0.2) is 18.2 Å². The van der Waals surface area contributed by atoms with E-state index < -0.39 is 0 Å². The molecule has 0 aliphatic heterocycles. The van der Waals surface area contributed by atoms with E-state index in [1.807, 2.05) is 0 Å². The maximum absolute atomic E-state index is 10.9. The number of methoxy groups -OCH3 is 1. The lowest BCUT2D eigenvalue weighted by molar-refractivity contribution is -0.384. The molecule has 2 unspecified atom stereocenters. The van der Waals surface area contributed by atoms with E-state index in [0.717, 1.165) is 12.8 Å². The molecule has 0 spiro atoms. The predicted molar refractivity (Wildman–Crippen MR) is 79.2 cm³/mol. The summed E-state index contributed by atoms with van der Waals surface area (Å²) in [6.45, 7) is 4.52. The molecule has 110 valence electrons. The number of rotatable bonds is 4. The van der Waals surface area contributed by atoms with Gasteiger partial charge in [0.15, 0.2) is 0 Å². The molecule has 1 saturated carbocycles. The lowest BCUT2D eigenvalue weighted by Crippen LogP contribution is -2.30. The molecule has 1 aromatic carbocycles. The molecular weight excluding hydrogens is 256 g/mol. The summed E-state index contributed by atoms with van der Waals surface area (Å²) < 4.78 is 5.29. The van der Waals surface area contributed by atoms with Crippen molar-refractivity contribution < 1.29 is 9.66 Å². The van der Waals surface area contributed by atoms with E-state index in [-0.39, 0.29) is 10.6 Å². The van der Waals surface area contributed by atoms with Gasteiger partial charge in [0.2, 0.25) is 0 Å². The van der Waals surface area contributed by atoms with E-state index in [0.29, 0.717) is 29.3 Å². The fourth-order valence-corrected chi connectivity index (χ4v) is 3.21. The topological polar surface area (TPSA) is 64.4 Å². The van der Waals surface area contributed by atoms with Crippen molar-refractivity contribution in [1.82, 2.24) is 0 Å². The third-order valence-electron chi connectivity index (χ3n) is 3.93. The van der Waals surface area contributed by atoms with Gasteiger partial charge >= 0.3 is 0 Å². The SMILES string of the molecule is COc1ccc([N+](=O)[O-])cc1NC1CC(C)CC(C)C1. The summed E-state index contributed by atoms with van der Waals surface area (Å²) in [5.74, 6) is 2.02. The molecule has 1 N–H and O–H groups in total. The Kier molecular flexibility index (Phi) is 4.47. The van der Waals surface area contributed by atoms with Crippen molar-refractivity contribution in [1.29, 1.82) is 0 Å². The first-order valence-corrected chi connectivity index (χ1v) is 7.08. The Morgan fingerprint density at radius 3 is 2.45 bits per heavy atom. The Bertz CT molecular complexity index is 480. The van der Waals surface area contributed by atoms with Crippen LogP contribution in [0.4, 0.5) is 11.4 Å². The number of nitro groups is 1. The van der Waals surface area contributed by atoms with Crippen LogP contribution in [0.5, 0.6) is 5.75 Å². The molecule has 5 nitrogen and oxygen atoms in total. The molecule has 0 bridgehead atoms. The number of nitrogens with one attached hydrogen (secondary N) is 1. The normalized spacial score (nSPS) is 26.1. The lowest BCUT2D eigenvalue weighted by Gasteiger charge is -2.32. The maximum atomic E-state index is 10.9. The molecule has 5 heteroatoms. The highest BCUT2D eigenvalue weighted by molar-refractivity contribution is 5.62. The highest BCUT2D eigenvalue weighted by atomic mass is 16.6. The second-order valence-electron chi connectivity index (χ2n) is 5.90. The zero-order valence-corrected chi connectivity index (χ0v) is 12.3. The van der Waals surface area contributed by atoms with E-state index in [1.54, 1.807) is 19.2 Å². The summed E-state index contributed by atoms with van der Waals surface area (Å²) in [7, 11) is 1.58. The number of hydrogen-bond donors (Lipinski definition) is 1. The summed E-state index contributed by atoms with van der Waals surface area (Å²) in [6, 6.07) is 5.03.